The Balaban J connectivity index is 1.92. The van der Waals surface area contributed by atoms with Crippen LogP contribution in [0.25, 0.3) is 0 Å². The zero-order valence-corrected chi connectivity index (χ0v) is 10.4. The van der Waals surface area contributed by atoms with Gasteiger partial charge in [-0.3, -0.25) is 5.32 Å². The summed E-state index contributed by atoms with van der Waals surface area (Å²) in [7, 11) is 1.79. The van der Waals surface area contributed by atoms with E-state index in [0.29, 0.717) is 6.54 Å². The number of hydrogen-bond acceptors (Lipinski definition) is 2. The van der Waals surface area contributed by atoms with Gasteiger partial charge in [0.15, 0.2) is 0 Å². The van der Waals surface area contributed by atoms with Crippen molar-refractivity contribution in [3.05, 3.63) is 53.4 Å². The molecule has 3 nitrogen and oxygen atoms in total. The number of carbonyl (C=O) groups excluding carboxylic acids is 1. The van der Waals surface area contributed by atoms with Gasteiger partial charge in [-0.15, -0.1) is 11.3 Å². The van der Waals surface area contributed by atoms with Gasteiger partial charge in [0, 0.05) is 13.6 Å². The highest BCUT2D eigenvalue weighted by Crippen LogP contribution is 2.15. The topological polar surface area (TPSA) is 32.3 Å². The van der Waals surface area contributed by atoms with Crippen molar-refractivity contribution >= 4 is 22.4 Å². The Kier molecular flexibility index (Phi) is 3.77. The molecule has 0 bridgehead atoms. The van der Waals surface area contributed by atoms with E-state index in [-0.39, 0.29) is 6.03 Å². The lowest BCUT2D eigenvalue weighted by molar-refractivity contribution is 0.221. The van der Waals surface area contributed by atoms with E-state index >= 15 is 0 Å². The average molecular weight is 246 g/mol. The zero-order valence-electron chi connectivity index (χ0n) is 9.59. The first-order valence-corrected chi connectivity index (χ1v) is 6.23. The van der Waals surface area contributed by atoms with Crippen molar-refractivity contribution in [1.82, 2.24) is 4.90 Å². The first-order chi connectivity index (χ1) is 8.25. The quantitative estimate of drug-likeness (QED) is 0.884. The fourth-order valence-electron chi connectivity index (χ4n) is 1.48. The van der Waals surface area contributed by atoms with Crippen molar-refractivity contribution in [1.29, 1.82) is 0 Å². The Bertz CT molecular complexity index is 467. The third-order valence-corrected chi connectivity index (χ3v) is 3.15. The SMILES string of the molecule is CN(Cc1ccccc1)C(=O)Nc1cccs1. The van der Waals surface area contributed by atoms with Gasteiger partial charge in [-0.05, 0) is 23.1 Å². The predicted molar refractivity (Wildman–Crippen MR) is 71.2 cm³/mol. The smallest absolute Gasteiger partial charge is 0.322 e. The number of carbonyl (C=O) groups is 1. The van der Waals surface area contributed by atoms with Gasteiger partial charge in [0.1, 0.15) is 0 Å². The van der Waals surface area contributed by atoms with Gasteiger partial charge in [-0.25, -0.2) is 4.79 Å². The minimum Gasteiger partial charge on any atom is -0.323 e. The molecule has 17 heavy (non-hydrogen) atoms. The number of urea groups is 1. The minimum absolute atomic E-state index is 0.0868. The van der Waals surface area contributed by atoms with Crippen LogP contribution in [0.2, 0.25) is 0 Å². The molecular formula is C13H14N2OS. The number of benzene rings is 1. The third kappa shape index (κ3) is 3.32. The first kappa shape index (κ1) is 11.7. The molecule has 0 atom stereocenters. The van der Waals surface area contributed by atoms with Crippen LogP contribution in [0.15, 0.2) is 47.8 Å². The molecular weight excluding hydrogens is 232 g/mol. The molecule has 2 amide bonds. The highest BCUT2D eigenvalue weighted by atomic mass is 32.1. The van der Waals surface area contributed by atoms with Crippen LogP contribution in [0.1, 0.15) is 5.56 Å². The molecule has 2 rings (SSSR count). The molecule has 0 radical (unpaired) electrons. The standard InChI is InChI=1S/C13H14N2OS/c1-15(10-11-6-3-2-4-7-11)13(16)14-12-8-5-9-17-12/h2-9H,10H2,1H3,(H,14,16). The van der Waals surface area contributed by atoms with Crippen LogP contribution in [-0.4, -0.2) is 18.0 Å². The van der Waals surface area contributed by atoms with E-state index in [1.54, 1.807) is 11.9 Å². The predicted octanol–water partition coefficient (Wildman–Crippen LogP) is 3.41. The maximum absolute atomic E-state index is 11.8. The van der Waals surface area contributed by atoms with Crippen molar-refractivity contribution in [3.8, 4) is 0 Å². The summed E-state index contributed by atoms with van der Waals surface area (Å²) in [6.07, 6.45) is 0. The molecule has 1 N–H and O–H groups in total. The van der Waals surface area contributed by atoms with E-state index in [2.05, 4.69) is 5.32 Å². The van der Waals surface area contributed by atoms with Crippen molar-refractivity contribution in [2.24, 2.45) is 0 Å². The Morgan fingerprint density at radius 2 is 2.00 bits per heavy atom. The largest absolute Gasteiger partial charge is 0.323 e. The lowest BCUT2D eigenvalue weighted by Gasteiger charge is -2.17. The van der Waals surface area contributed by atoms with Gasteiger partial charge in [0.25, 0.3) is 0 Å². The summed E-state index contributed by atoms with van der Waals surface area (Å²) in [5, 5.41) is 5.66. The Hall–Kier alpha value is -1.81. The average Bonchev–Trinajstić information content (AvgIpc) is 2.83. The summed E-state index contributed by atoms with van der Waals surface area (Å²) in [5.41, 5.74) is 1.12. The van der Waals surface area contributed by atoms with Crippen LogP contribution < -0.4 is 5.32 Å². The molecule has 88 valence electrons. The number of amides is 2. The van der Waals surface area contributed by atoms with Crippen LogP contribution in [0.5, 0.6) is 0 Å². The Morgan fingerprint density at radius 3 is 2.65 bits per heavy atom. The van der Waals surface area contributed by atoms with Gasteiger partial charge in [-0.1, -0.05) is 30.3 Å². The van der Waals surface area contributed by atoms with Gasteiger partial charge in [-0.2, -0.15) is 0 Å². The lowest BCUT2D eigenvalue weighted by Crippen LogP contribution is -2.30. The fourth-order valence-corrected chi connectivity index (χ4v) is 2.09. The summed E-state index contributed by atoms with van der Waals surface area (Å²) < 4.78 is 0. The molecule has 0 aliphatic heterocycles. The number of thiophene rings is 1. The molecule has 0 unspecified atom stereocenters. The van der Waals surface area contributed by atoms with Crippen LogP contribution in [0.4, 0.5) is 9.80 Å². The molecule has 1 aromatic heterocycles. The van der Waals surface area contributed by atoms with E-state index in [1.807, 2.05) is 47.8 Å². The van der Waals surface area contributed by atoms with Crippen LogP contribution in [0.3, 0.4) is 0 Å². The van der Waals surface area contributed by atoms with Crippen molar-refractivity contribution in [2.75, 3.05) is 12.4 Å². The monoisotopic (exact) mass is 246 g/mol. The first-order valence-electron chi connectivity index (χ1n) is 5.35. The molecule has 0 saturated heterocycles. The molecule has 0 aliphatic carbocycles. The second-order valence-corrected chi connectivity index (χ2v) is 4.70. The van der Waals surface area contributed by atoms with E-state index in [4.69, 9.17) is 0 Å². The number of anilines is 1. The third-order valence-electron chi connectivity index (χ3n) is 2.36. The van der Waals surface area contributed by atoms with Crippen molar-refractivity contribution < 1.29 is 4.79 Å². The maximum Gasteiger partial charge on any atom is 0.322 e. The van der Waals surface area contributed by atoms with Gasteiger partial charge in [0.05, 0.1) is 5.00 Å². The Labute approximate surface area is 105 Å². The van der Waals surface area contributed by atoms with Crippen molar-refractivity contribution in [3.63, 3.8) is 0 Å². The molecule has 2 aromatic rings. The summed E-state index contributed by atoms with van der Waals surface area (Å²) in [6.45, 7) is 0.609. The lowest BCUT2D eigenvalue weighted by atomic mass is 10.2. The van der Waals surface area contributed by atoms with E-state index in [9.17, 15) is 4.79 Å². The number of nitrogens with zero attached hydrogens (tertiary/aromatic N) is 1. The Morgan fingerprint density at radius 1 is 1.24 bits per heavy atom. The maximum atomic E-state index is 11.8. The zero-order chi connectivity index (χ0) is 12.1. The number of nitrogens with one attached hydrogen (secondary N) is 1. The van der Waals surface area contributed by atoms with Gasteiger partial charge >= 0.3 is 6.03 Å². The van der Waals surface area contributed by atoms with Crippen LogP contribution in [0, 0.1) is 0 Å². The van der Waals surface area contributed by atoms with Crippen molar-refractivity contribution in [2.45, 2.75) is 6.54 Å². The van der Waals surface area contributed by atoms with Gasteiger partial charge in [0.2, 0.25) is 0 Å². The second kappa shape index (κ2) is 5.50. The van der Waals surface area contributed by atoms with Crippen LogP contribution >= 0.6 is 11.3 Å². The number of hydrogen-bond donors (Lipinski definition) is 1. The minimum atomic E-state index is -0.0868. The summed E-state index contributed by atoms with van der Waals surface area (Å²) in [5.74, 6) is 0. The van der Waals surface area contributed by atoms with E-state index in [0.717, 1.165) is 10.6 Å². The molecule has 0 fully saturated rings. The van der Waals surface area contributed by atoms with Crippen LogP contribution in [-0.2, 0) is 6.54 Å². The number of rotatable bonds is 3. The van der Waals surface area contributed by atoms with Gasteiger partial charge < -0.3 is 4.90 Å². The second-order valence-electron chi connectivity index (χ2n) is 3.75. The molecule has 0 aliphatic rings. The fraction of sp³-hybridized carbons (Fsp3) is 0.154. The highest BCUT2D eigenvalue weighted by Gasteiger charge is 2.09. The summed E-state index contributed by atoms with van der Waals surface area (Å²) in [6, 6.07) is 13.6. The molecule has 4 heteroatoms. The summed E-state index contributed by atoms with van der Waals surface area (Å²) >= 11 is 1.52. The molecule has 0 saturated carbocycles. The van der Waals surface area contributed by atoms with E-state index in [1.165, 1.54) is 11.3 Å². The molecule has 1 aromatic carbocycles. The molecule has 1 heterocycles. The summed E-state index contributed by atoms with van der Waals surface area (Å²) in [4.78, 5) is 13.5. The highest BCUT2D eigenvalue weighted by molar-refractivity contribution is 7.14. The normalized spacial score (nSPS) is 9.94. The molecule has 0 spiro atoms. The van der Waals surface area contributed by atoms with E-state index < -0.39 is 0 Å².